The van der Waals surface area contributed by atoms with E-state index in [1.807, 2.05) is 6.92 Å². The maximum absolute atomic E-state index is 12.0. The highest BCUT2D eigenvalue weighted by Gasteiger charge is 2.22. The first kappa shape index (κ1) is 14.3. The van der Waals surface area contributed by atoms with Crippen molar-refractivity contribution in [3.63, 3.8) is 0 Å². The Bertz CT molecular complexity index is 522. The van der Waals surface area contributed by atoms with Gasteiger partial charge in [0.1, 0.15) is 4.90 Å². The molecule has 0 bridgehead atoms. The molecule has 7 nitrogen and oxygen atoms in total. The number of anilines is 1. The first-order valence-electron chi connectivity index (χ1n) is 6.43. The quantitative estimate of drug-likeness (QED) is 0.665. The van der Waals surface area contributed by atoms with Gasteiger partial charge >= 0.3 is 0 Å². The Kier molecular flexibility index (Phi) is 4.43. The molecule has 1 heterocycles. The molecule has 0 aliphatic heterocycles. The van der Waals surface area contributed by atoms with Crippen molar-refractivity contribution in [3.05, 3.63) is 6.20 Å². The van der Waals surface area contributed by atoms with Crippen LogP contribution < -0.4 is 10.5 Å². The highest BCUT2D eigenvalue weighted by atomic mass is 32.2. The lowest BCUT2D eigenvalue weighted by molar-refractivity contribution is 0.129. The Morgan fingerprint density at radius 1 is 1.58 bits per heavy atom. The van der Waals surface area contributed by atoms with Crippen LogP contribution in [0.4, 0.5) is 5.82 Å². The van der Waals surface area contributed by atoms with Crippen molar-refractivity contribution in [3.8, 4) is 0 Å². The molecule has 1 aromatic heterocycles. The smallest absolute Gasteiger partial charge is 0.245 e. The van der Waals surface area contributed by atoms with Crippen molar-refractivity contribution in [1.82, 2.24) is 14.5 Å². The molecule has 0 unspecified atom stereocenters. The average molecular weight is 288 g/mol. The molecule has 19 heavy (non-hydrogen) atoms. The lowest BCUT2D eigenvalue weighted by Crippen LogP contribution is -2.28. The predicted molar refractivity (Wildman–Crippen MR) is 71.0 cm³/mol. The second kappa shape index (κ2) is 5.89. The number of rotatable bonds is 8. The molecule has 0 radical (unpaired) electrons. The number of sulfonamides is 1. The van der Waals surface area contributed by atoms with Crippen LogP contribution in [0, 0.1) is 5.92 Å². The number of nitrogens with zero attached hydrogens (tertiary/aromatic N) is 2. The van der Waals surface area contributed by atoms with Crippen LogP contribution in [0.25, 0.3) is 0 Å². The first-order chi connectivity index (χ1) is 9.03. The number of nitrogens with one attached hydrogen (secondary N) is 1. The molecule has 1 saturated carbocycles. The number of nitrogen functional groups attached to an aromatic ring is 1. The number of aromatic nitrogens is 2. The predicted octanol–water partition coefficient (Wildman–Crippen LogP) is 0.190. The molecule has 0 amide bonds. The van der Waals surface area contributed by atoms with E-state index in [-0.39, 0.29) is 17.3 Å². The zero-order valence-corrected chi connectivity index (χ0v) is 11.8. The van der Waals surface area contributed by atoms with Gasteiger partial charge in [-0.05, 0) is 25.7 Å². The first-order valence-corrected chi connectivity index (χ1v) is 7.91. The average Bonchev–Trinajstić information content (AvgIpc) is 3.10. The van der Waals surface area contributed by atoms with E-state index in [4.69, 9.17) is 10.5 Å². The summed E-state index contributed by atoms with van der Waals surface area (Å²) in [5.74, 6) is 0.697. The molecule has 2 rings (SSSR count). The van der Waals surface area contributed by atoms with Gasteiger partial charge in [0, 0.05) is 25.9 Å². The number of hydrogen-bond acceptors (Lipinski definition) is 5. The number of aryl methyl sites for hydroxylation is 1. The summed E-state index contributed by atoms with van der Waals surface area (Å²) in [6.45, 7) is 3.77. The fraction of sp³-hybridized carbons (Fsp3) is 0.727. The van der Waals surface area contributed by atoms with Crippen LogP contribution in [0.5, 0.6) is 0 Å². The van der Waals surface area contributed by atoms with Crippen molar-refractivity contribution in [2.24, 2.45) is 5.92 Å². The zero-order chi connectivity index (χ0) is 13.9. The molecule has 3 N–H and O–H groups in total. The van der Waals surface area contributed by atoms with Gasteiger partial charge in [0.25, 0.3) is 0 Å². The maximum Gasteiger partial charge on any atom is 0.245 e. The van der Waals surface area contributed by atoms with E-state index in [0.717, 1.165) is 6.61 Å². The minimum Gasteiger partial charge on any atom is -0.381 e. The number of ether oxygens (including phenoxy) is 1. The van der Waals surface area contributed by atoms with Gasteiger partial charge in [0.15, 0.2) is 5.82 Å². The van der Waals surface area contributed by atoms with Crippen LogP contribution >= 0.6 is 0 Å². The highest BCUT2D eigenvalue weighted by molar-refractivity contribution is 7.89. The lowest BCUT2D eigenvalue weighted by atomic mass is 10.5. The number of nitrogens with two attached hydrogens (primary N) is 1. The minimum absolute atomic E-state index is 0.0215. The van der Waals surface area contributed by atoms with Gasteiger partial charge in [-0.15, -0.1) is 0 Å². The molecular formula is C11H20N4O3S. The summed E-state index contributed by atoms with van der Waals surface area (Å²) in [7, 11) is -3.60. The van der Waals surface area contributed by atoms with Crippen LogP contribution in [0.1, 0.15) is 19.8 Å². The van der Waals surface area contributed by atoms with Gasteiger partial charge in [-0.25, -0.2) is 13.1 Å². The third-order valence-electron chi connectivity index (χ3n) is 2.96. The van der Waals surface area contributed by atoms with Gasteiger partial charge in [0.05, 0.1) is 6.61 Å². The monoisotopic (exact) mass is 288 g/mol. The van der Waals surface area contributed by atoms with E-state index in [0.29, 0.717) is 19.1 Å². The second-order valence-corrected chi connectivity index (χ2v) is 6.39. The third-order valence-corrected chi connectivity index (χ3v) is 4.44. The topological polar surface area (TPSA) is 99.2 Å². The summed E-state index contributed by atoms with van der Waals surface area (Å²) >= 11 is 0. The Morgan fingerprint density at radius 3 is 2.89 bits per heavy atom. The van der Waals surface area contributed by atoms with Gasteiger partial charge in [-0.3, -0.25) is 4.68 Å². The van der Waals surface area contributed by atoms with Crippen LogP contribution in [0.3, 0.4) is 0 Å². The number of hydrogen-bond donors (Lipinski definition) is 2. The molecule has 108 valence electrons. The van der Waals surface area contributed by atoms with E-state index >= 15 is 0 Å². The van der Waals surface area contributed by atoms with Crippen molar-refractivity contribution < 1.29 is 13.2 Å². The lowest BCUT2D eigenvalue weighted by Gasteiger charge is -2.06. The molecule has 0 atom stereocenters. The Morgan fingerprint density at radius 2 is 2.32 bits per heavy atom. The Hall–Kier alpha value is -1.12. The fourth-order valence-corrected chi connectivity index (χ4v) is 2.73. The van der Waals surface area contributed by atoms with Crippen molar-refractivity contribution >= 4 is 15.8 Å². The van der Waals surface area contributed by atoms with Crippen LogP contribution in [0.2, 0.25) is 0 Å². The van der Waals surface area contributed by atoms with E-state index in [9.17, 15) is 8.42 Å². The molecular weight excluding hydrogens is 268 g/mol. The van der Waals surface area contributed by atoms with Gasteiger partial charge in [-0.2, -0.15) is 5.10 Å². The van der Waals surface area contributed by atoms with Crippen LogP contribution in [-0.2, 0) is 21.3 Å². The summed E-state index contributed by atoms with van der Waals surface area (Å²) < 4.78 is 33.3. The molecule has 0 spiro atoms. The standard InChI is InChI=1S/C11H20N4O3S/c1-2-15-7-10(11(12)14-15)19(16,17)13-5-6-18-8-9-3-4-9/h7,9,13H,2-6,8H2,1H3,(H2,12,14). The van der Waals surface area contributed by atoms with Crippen molar-refractivity contribution in [2.75, 3.05) is 25.5 Å². The molecule has 1 aromatic rings. The molecule has 8 heteroatoms. The van der Waals surface area contributed by atoms with Gasteiger partial charge < -0.3 is 10.5 Å². The minimum atomic E-state index is -3.60. The largest absolute Gasteiger partial charge is 0.381 e. The SMILES string of the molecule is CCn1cc(S(=O)(=O)NCCOCC2CC2)c(N)n1. The fourth-order valence-electron chi connectivity index (χ4n) is 1.65. The molecule has 1 fully saturated rings. The van der Waals surface area contributed by atoms with E-state index < -0.39 is 10.0 Å². The zero-order valence-electron chi connectivity index (χ0n) is 11.0. The maximum atomic E-state index is 12.0. The molecule has 1 aliphatic carbocycles. The van der Waals surface area contributed by atoms with Crippen LogP contribution in [0.15, 0.2) is 11.1 Å². The second-order valence-electron chi connectivity index (χ2n) is 4.65. The van der Waals surface area contributed by atoms with E-state index in [1.165, 1.54) is 23.7 Å². The Labute approximate surface area is 113 Å². The third kappa shape index (κ3) is 3.92. The summed E-state index contributed by atoms with van der Waals surface area (Å²) in [5, 5.41) is 3.92. The normalized spacial score (nSPS) is 15.8. The molecule has 0 saturated heterocycles. The van der Waals surface area contributed by atoms with Gasteiger partial charge in [0.2, 0.25) is 10.0 Å². The molecule has 0 aromatic carbocycles. The molecule has 1 aliphatic rings. The Balaban J connectivity index is 1.83. The summed E-state index contributed by atoms with van der Waals surface area (Å²) in [6.07, 6.45) is 3.87. The van der Waals surface area contributed by atoms with Crippen molar-refractivity contribution in [2.45, 2.75) is 31.2 Å². The van der Waals surface area contributed by atoms with Crippen molar-refractivity contribution in [1.29, 1.82) is 0 Å². The summed E-state index contributed by atoms with van der Waals surface area (Å²) in [6, 6.07) is 0. The van der Waals surface area contributed by atoms with Crippen LogP contribution in [-0.4, -0.2) is 38.0 Å². The summed E-state index contributed by atoms with van der Waals surface area (Å²) in [5.41, 5.74) is 5.60. The van der Waals surface area contributed by atoms with E-state index in [1.54, 1.807) is 0 Å². The highest BCUT2D eigenvalue weighted by Crippen LogP contribution is 2.28. The van der Waals surface area contributed by atoms with E-state index in [2.05, 4.69) is 9.82 Å². The summed E-state index contributed by atoms with van der Waals surface area (Å²) in [4.78, 5) is 0.0246. The van der Waals surface area contributed by atoms with Gasteiger partial charge in [-0.1, -0.05) is 0 Å².